The number of amidine groups is 1. The molecular formula is C36H26N4O. The number of aliphatic imine (C=N–C) groups is 1. The van der Waals surface area contributed by atoms with E-state index in [-0.39, 0.29) is 12.3 Å². The SMILES string of the molecule is c1ccc(-c2ccc(C3NC(c4cccc5oc6ccncc6c45)=NC(c4ccccc4)N3)c3ccccc23)cc1. The van der Waals surface area contributed by atoms with Gasteiger partial charge in [0.1, 0.15) is 29.3 Å². The van der Waals surface area contributed by atoms with Gasteiger partial charge in [0, 0.05) is 28.7 Å². The largest absolute Gasteiger partial charge is 0.456 e. The highest BCUT2D eigenvalue weighted by atomic mass is 16.3. The van der Waals surface area contributed by atoms with Gasteiger partial charge in [0.05, 0.1) is 0 Å². The van der Waals surface area contributed by atoms with Gasteiger partial charge in [0.2, 0.25) is 0 Å². The highest BCUT2D eigenvalue weighted by Crippen LogP contribution is 2.36. The van der Waals surface area contributed by atoms with Crippen LogP contribution in [0.3, 0.4) is 0 Å². The lowest BCUT2D eigenvalue weighted by Gasteiger charge is -2.33. The Morgan fingerprint density at radius 3 is 2.24 bits per heavy atom. The van der Waals surface area contributed by atoms with Crippen LogP contribution in [0.25, 0.3) is 43.8 Å². The maximum atomic E-state index is 6.18. The fourth-order valence-electron chi connectivity index (χ4n) is 5.97. The van der Waals surface area contributed by atoms with Gasteiger partial charge in [0.15, 0.2) is 0 Å². The highest BCUT2D eigenvalue weighted by Gasteiger charge is 2.28. The molecule has 2 N–H and O–H groups in total. The lowest BCUT2D eigenvalue weighted by atomic mass is 9.93. The summed E-state index contributed by atoms with van der Waals surface area (Å²) >= 11 is 0. The van der Waals surface area contributed by atoms with Gasteiger partial charge in [-0.15, -0.1) is 0 Å². The first kappa shape index (κ1) is 23.6. The molecule has 1 aliphatic heterocycles. The van der Waals surface area contributed by atoms with Crippen molar-refractivity contribution in [1.82, 2.24) is 15.6 Å². The number of aromatic nitrogens is 1. The van der Waals surface area contributed by atoms with E-state index in [9.17, 15) is 0 Å². The number of hydrogen-bond donors (Lipinski definition) is 2. The molecule has 0 spiro atoms. The smallest absolute Gasteiger partial charge is 0.138 e. The molecule has 5 heteroatoms. The summed E-state index contributed by atoms with van der Waals surface area (Å²) in [6.45, 7) is 0. The molecule has 8 rings (SSSR count). The van der Waals surface area contributed by atoms with E-state index in [4.69, 9.17) is 9.41 Å². The minimum atomic E-state index is -0.239. The standard InChI is InChI=1S/C36H26N4O/c1-3-10-23(11-4-1)25-18-19-28(27-15-8-7-14-26(25)27)35-38-34(24-12-5-2-6-13-24)39-36(40-35)29-16-9-17-32-33(29)30-22-37-21-20-31(30)41-32/h1-22,34-35,38H,(H,39,40). The number of benzene rings is 5. The van der Waals surface area contributed by atoms with Gasteiger partial charge in [-0.1, -0.05) is 109 Å². The van der Waals surface area contributed by atoms with Crippen LogP contribution in [-0.4, -0.2) is 10.8 Å². The quantitative estimate of drug-likeness (QED) is 0.241. The normalized spacial score (nSPS) is 17.0. The molecule has 0 fully saturated rings. The molecule has 7 aromatic rings. The number of hydrogen-bond acceptors (Lipinski definition) is 5. The Kier molecular flexibility index (Phi) is 5.61. The number of nitrogens with one attached hydrogen (secondary N) is 2. The Bertz CT molecular complexity index is 2060. The van der Waals surface area contributed by atoms with Crippen LogP contribution in [0.4, 0.5) is 0 Å². The average Bonchev–Trinajstić information content (AvgIpc) is 3.44. The van der Waals surface area contributed by atoms with Crippen molar-refractivity contribution in [3.63, 3.8) is 0 Å². The third-order valence-corrected chi connectivity index (χ3v) is 7.88. The van der Waals surface area contributed by atoms with Gasteiger partial charge in [0.25, 0.3) is 0 Å². The molecule has 41 heavy (non-hydrogen) atoms. The summed E-state index contributed by atoms with van der Waals surface area (Å²) in [5.41, 5.74) is 7.32. The molecule has 0 aliphatic carbocycles. The average molecular weight is 531 g/mol. The van der Waals surface area contributed by atoms with Crippen LogP contribution in [0.2, 0.25) is 0 Å². The minimum Gasteiger partial charge on any atom is -0.456 e. The summed E-state index contributed by atoms with van der Waals surface area (Å²) in [7, 11) is 0. The van der Waals surface area contributed by atoms with Crippen molar-refractivity contribution in [1.29, 1.82) is 0 Å². The van der Waals surface area contributed by atoms with Crippen molar-refractivity contribution in [2.45, 2.75) is 12.3 Å². The molecule has 0 amide bonds. The maximum absolute atomic E-state index is 6.18. The van der Waals surface area contributed by atoms with E-state index in [1.54, 1.807) is 6.20 Å². The first-order chi connectivity index (χ1) is 20.3. The van der Waals surface area contributed by atoms with Crippen molar-refractivity contribution in [2.75, 3.05) is 0 Å². The summed E-state index contributed by atoms with van der Waals surface area (Å²) < 4.78 is 6.18. The molecule has 5 aromatic carbocycles. The Labute approximate surface area is 237 Å². The molecule has 196 valence electrons. The number of rotatable bonds is 4. The highest BCUT2D eigenvalue weighted by molar-refractivity contribution is 6.18. The van der Waals surface area contributed by atoms with E-state index in [0.29, 0.717) is 0 Å². The monoisotopic (exact) mass is 530 g/mol. The predicted octanol–water partition coefficient (Wildman–Crippen LogP) is 8.14. The zero-order chi connectivity index (χ0) is 27.2. The summed E-state index contributed by atoms with van der Waals surface area (Å²) in [6, 6.07) is 42.1. The van der Waals surface area contributed by atoms with Crippen LogP contribution in [0.15, 0.2) is 143 Å². The van der Waals surface area contributed by atoms with Crippen molar-refractivity contribution in [3.05, 3.63) is 150 Å². The Morgan fingerprint density at radius 2 is 1.39 bits per heavy atom. The number of pyridine rings is 1. The zero-order valence-corrected chi connectivity index (χ0v) is 22.2. The Hall–Kier alpha value is -5.26. The van der Waals surface area contributed by atoms with Crippen LogP contribution < -0.4 is 10.6 Å². The van der Waals surface area contributed by atoms with Crippen molar-refractivity contribution < 1.29 is 4.42 Å². The van der Waals surface area contributed by atoms with Crippen molar-refractivity contribution in [2.24, 2.45) is 4.99 Å². The fraction of sp³-hybridized carbons (Fsp3) is 0.0556. The Morgan fingerprint density at radius 1 is 0.610 bits per heavy atom. The van der Waals surface area contributed by atoms with Crippen LogP contribution in [0, 0.1) is 0 Å². The van der Waals surface area contributed by atoms with Gasteiger partial charge >= 0.3 is 0 Å². The lowest BCUT2D eigenvalue weighted by Crippen LogP contribution is -2.45. The lowest BCUT2D eigenvalue weighted by molar-refractivity contribution is 0.411. The van der Waals surface area contributed by atoms with Crippen LogP contribution >= 0.6 is 0 Å². The third-order valence-electron chi connectivity index (χ3n) is 7.88. The van der Waals surface area contributed by atoms with Gasteiger partial charge < -0.3 is 9.73 Å². The summed E-state index contributed by atoms with van der Waals surface area (Å²) in [5.74, 6) is 0.816. The molecule has 2 aromatic heterocycles. The number of furan rings is 1. The Balaban J connectivity index is 1.30. The minimum absolute atomic E-state index is 0.186. The molecule has 0 saturated heterocycles. The molecule has 2 unspecified atom stereocenters. The van der Waals surface area contributed by atoms with Crippen LogP contribution in [0.1, 0.15) is 29.0 Å². The van der Waals surface area contributed by atoms with Gasteiger partial charge in [-0.3, -0.25) is 10.3 Å². The molecule has 2 atom stereocenters. The predicted molar refractivity (Wildman–Crippen MR) is 166 cm³/mol. The molecule has 0 bridgehead atoms. The van der Waals surface area contributed by atoms with E-state index < -0.39 is 0 Å². The third kappa shape index (κ3) is 4.06. The summed E-state index contributed by atoms with van der Waals surface area (Å²) in [6.07, 6.45) is 3.20. The van der Waals surface area contributed by atoms with Gasteiger partial charge in [-0.2, -0.15) is 0 Å². The molecular weight excluding hydrogens is 504 g/mol. The molecule has 0 radical (unpaired) electrons. The van der Waals surface area contributed by atoms with Gasteiger partial charge in [-0.05, 0) is 45.2 Å². The number of fused-ring (bicyclic) bond motifs is 4. The van der Waals surface area contributed by atoms with E-state index in [1.165, 1.54) is 27.5 Å². The second-order valence-corrected chi connectivity index (χ2v) is 10.3. The van der Waals surface area contributed by atoms with E-state index in [0.717, 1.165) is 38.9 Å². The summed E-state index contributed by atoms with van der Waals surface area (Å²) in [4.78, 5) is 9.59. The first-order valence-corrected chi connectivity index (χ1v) is 13.8. The van der Waals surface area contributed by atoms with Crippen molar-refractivity contribution >= 4 is 38.5 Å². The maximum Gasteiger partial charge on any atom is 0.138 e. The van der Waals surface area contributed by atoms with E-state index >= 15 is 0 Å². The van der Waals surface area contributed by atoms with Crippen LogP contribution in [-0.2, 0) is 0 Å². The molecule has 0 saturated carbocycles. The van der Waals surface area contributed by atoms with Crippen molar-refractivity contribution in [3.8, 4) is 11.1 Å². The molecule has 3 heterocycles. The van der Waals surface area contributed by atoms with Crippen LogP contribution in [0.5, 0.6) is 0 Å². The van der Waals surface area contributed by atoms with E-state index in [2.05, 4.69) is 113 Å². The zero-order valence-electron chi connectivity index (χ0n) is 22.2. The summed E-state index contributed by atoms with van der Waals surface area (Å²) in [5, 5.41) is 11.9. The van der Waals surface area contributed by atoms with E-state index in [1.807, 2.05) is 30.5 Å². The second kappa shape index (κ2) is 9.73. The second-order valence-electron chi connectivity index (χ2n) is 10.3. The topological polar surface area (TPSA) is 62.5 Å². The van der Waals surface area contributed by atoms with Gasteiger partial charge in [-0.25, -0.2) is 4.99 Å². The first-order valence-electron chi connectivity index (χ1n) is 13.8. The molecule has 5 nitrogen and oxygen atoms in total. The molecule has 1 aliphatic rings. The fourth-order valence-corrected chi connectivity index (χ4v) is 5.97. The number of nitrogens with zero attached hydrogens (tertiary/aromatic N) is 2.